The fraction of sp³-hybridized carbons (Fsp3) is 0.333. The van der Waals surface area contributed by atoms with Gasteiger partial charge in [-0.15, -0.1) is 0 Å². The molecule has 2 aliphatic rings. The van der Waals surface area contributed by atoms with Gasteiger partial charge in [0.2, 0.25) is 11.8 Å². The van der Waals surface area contributed by atoms with Crippen molar-refractivity contribution in [3.05, 3.63) is 65.3 Å². The SMILES string of the molecule is C=CC(=O)Nc1cc(-c2ccc(C(N)=O)c3c2C2=C(C3)CC(C(C)(C)O)CC2)ccc1OC. The van der Waals surface area contributed by atoms with Crippen molar-refractivity contribution in [2.45, 2.75) is 45.1 Å². The highest BCUT2D eigenvalue weighted by atomic mass is 16.5. The lowest BCUT2D eigenvalue weighted by molar-refractivity contribution is -0.111. The Kier molecular flexibility index (Phi) is 5.89. The van der Waals surface area contributed by atoms with Crippen molar-refractivity contribution in [2.24, 2.45) is 11.7 Å². The highest BCUT2D eigenvalue weighted by molar-refractivity contribution is 6.02. The first-order valence-corrected chi connectivity index (χ1v) is 11.1. The van der Waals surface area contributed by atoms with Crippen LogP contribution in [0, 0.1) is 5.92 Å². The van der Waals surface area contributed by atoms with E-state index in [4.69, 9.17) is 10.5 Å². The minimum absolute atomic E-state index is 0.174. The Labute approximate surface area is 194 Å². The number of benzene rings is 2. The van der Waals surface area contributed by atoms with Crippen LogP contribution in [0.1, 0.15) is 54.6 Å². The predicted octanol–water partition coefficient (Wildman–Crippen LogP) is 4.47. The summed E-state index contributed by atoms with van der Waals surface area (Å²) >= 11 is 0. The molecule has 0 aromatic heterocycles. The van der Waals surface area contributed by atoms with Crippen LogP contribution in [0.15, 0.2) is 48.6 Å². The van der Waals surface area contributed by atoms with Gasteiger partial charge in [-0.2, -0.15) is 0 Å². The number of carbonyl (C=O) groups is 2. The zero-order valence-corrected chi connectivity index (χ0v) is 19.3. The van der Waals surface area contributed by atoms with Crippen molar-refractivity contribution in [1.82, 2.24) is 0 Å². The number of fused-ring (bicyclic) bond motifs is 2. The summed E-state index contributed by atoms with van der Waals surface area (Å²) in [6, 6.07) is 9.36. The number of rotatable bonds is 6. The molecule has 0 spiro atoms. The minimum Gasteiger partial charge on any atom is -0.495 e. The molecule has 0 bridgehead atoms. The minimum atomic E-state index is -0.753. The lowest BCUT2D eigenvalue weighted by Crippen LogP contribution is -2.32. The molecule has 4 N–H and O–H groups in total. The van der Waals surface area contributed by atoms with E-state index in [0.29, 0.717) is 23.4 Å². The summed E-state index contributed by atoms with van der Waals surface area (Å²) < 4.78 is 5.41. The number of hydrogen-bond acceptors (Lipinski definition) is 4. The number of anilines is 1. The van der Waals surface area contributed by atoms with E-state index >= 15 is 0 Å². The van der Waals surface area contributed by atoms with Crippen molar-refractivity contribution in [3.63, 3.8) is 0 Å². The highest BCUT2D eigenvalue weighted by Gasteiger charge is 2.37. The van der Waals surface area contributed by atoms with Crippen molar-refractivity contribution in [1.29, 1.82) is 0 Å². The number of ether oxygens (including phenoxy) is 1. The molecule has 0 fully saturated rings. The molecule has 6 nitrogen and oxygen atoms in total. The molecule has 33 heavy (non-hydrogen) atoms. The van der Waals surface area contributed by atoms with Crippen LogP contribution in [0.2, 0.25) is 0 Å². The molecule has 2 amide bonds. The first kappa shape index (κ1) is 22.8. The molecule has 2 aromatic carbocycles. The summed E-state index contributed by atoms with van der Waals surface area (Å²) in [6.07, 6.45) is 4.39. The van der Waals surface area contributed by atoms with Crippen LogP contribution < -0.4 is 15.8 Å². The number of carbonyl (C=O) groups excluding carboxylic acids is 2. The molecule has 2 aliphatic carbocycles. The standard InChI is InChI=1S/C27H30N2O4/c1-5-24(30)29-22-14-15(6-11-23(22)33-4)18-9-10-20(26(28)31)21-13-16-12-17(27(2,3)32)7-8-19(16)25(18)21/h5-6,9-11,14,17,32H,1,7-8,12-13H2,2-4H3,(H2,28,31)(H,29,30). The monoisotopic (exact) mass is 446 g/mol. The maximum atomic E-state index is 12.2. The molecule has 4 rings (SSSR count). The van der Waals surface area contributed by atoms with E-state index in [1.807, 2.05) is 38.1 Å². The Morgan fingerprint density at radius 3 is 2.67 bits per heavy atom. The number of methoxy groups -OCH3 is 1. The van der Waals surface area contributed by atoms with Crippen LogP contribution in [0.3, 0.4) is 0 Å². The zero-order chi connectivity index (χ0) is 23.9. The van der Waals surface area contributed by atoms with Crippen LogP contribution in [0.4, 0.5) is 5.69 Å². The van der Waals surface area contributed by atoms with Gasteiger partial charge in [0.25, 0.3) is 0 Å². The third-order valence-corrected chi connectivity index (χ3v) is 6.89. The highest BCUT2D eigenvalue weighted by Crippen LogP contribution is 2.50. The Bertz CT molecular complexity index is 1190. The molecule has 0 saturated heterocycles. The van der Waals surface area contributed by atoms with Crippen molar-refractivity contribution < 1.29 is 19.4 Å². The molecule has 0 radical (unpaired) electrons. The van der Waals surface area contributed by atoms with E-state index < -0.39 is 11.5 Å². The van der Waals surface area contributed by atoms with E-state index in [1.165, 1.54) is 17.2 Å². The zero-order valence-electron chi connectivity index (χ0n) is 19.3. The van der Waals surface area contributed by atoms with Gasteiger partial charge in [-0.3, -0.25) is 9.59 Å². The number of primary amides is 1. The number of allylic oxidation sites excluding steroid dienone is 2. The second kappa shape index (κ2) is 8.52. The molecule has 1 unspecified atom stereocenters. The van der Waals surface area contributed by atoms with Crippen molar-refractivity contribution >= 4 is 23.1 Å². The summed E-state index contributed by atoms with van der Waals surface area (Å²) in [5.74, 6) is -0.0438. The molecule has 0 aliphatic heterocycles. The molecule has 2 aromatic rings. The average Bonchev–Trinajstić information content (AvgIpc) is 3.16. The molecule has 0 saturated carbocycles. The number of hydrogen-bond donors (Lipinski definition) is 3. The van der Waals surface area contributed by atoms with Crippen LogP contribution in [0.5, 0.6) is 5.75 Å². The number of amides is 2. The summed E-state index contributed by atoms with van der Waals surface area (Å²) in [6.45, 7) is 7.24. The van der Waals surface area contributed by atoms with Gasteiger partial charge >= 0.3 is 0 Å². The number of nitrogens with two attached hydrogens (primary N) is 1. The van der Waals surface area contributed by atoms with E-state index in [-0.39, 0.29) is 11.8 Å². The van der Waals surface area contributed by atoms with Crippen LogP contribution in [0.25, 0.3) is 16.7 Å². The Balaban J connectivity index is 1.85. The summed E-state index contributed by atoms with van der Waals surface area (Å²) in [5, 5.41) is 13.4. The first-order valence-electron chi connectivity index (χ1n) is 11.1. The van der Waals surface area contributed by atoms with Crippen molar-refractivity contribution in [2.75, 3.05) is 12.4 Å². The van der Waals surface area contributed by atoms with Gasteiger partial charge in [0, 0.05) is 5.56 Å². The third-order valence-electron chi connectivity index (χ3n) is 6.89. The van der Waals surface area contributed by atoms with Crippen LogP contribution >= 0.6 is 0 Å². The van der Waals surface area contributed by atoms with Gasteiger partial charge < -0.3 is 20.9 Å². The maximum absolute atomic E-state index is 12.2. The van der Waals surface area contributed by atoms with E-state index in [0.717, 1.165) is 41.5 Å². The largest absolute Gasteiger partial charge is 0.495 e. The van der Waals surface area contributed by atoms with E-state index in [1.54, 1.807) is 13.2 Å². The van der Waals surface area contributed by atoms with Gasteiger partial charge in [-0.05, 0) is 97.6 Å². The molecule has 0 heterocycles. The van der Waals surface area contributed by atoms with Gasteiger partial charge in [-0.1, -0.05) is 24.3 Å². The summed E-state index contributed by atoms with van der Waals surface area (Å²) in [4.78, 5) is 24.2. The van der Waals surface area contributed by atoms with Gasteiger partial charge in [-0.25, -0.2) is 0 Å². The van der Waals surface area contributed by atoms with E-state index in [9.17, 15) is 14.7 Å². The summed E-state index contributed by atoms with van der Waals surface area (Å²) in [7, 11) is 1.55. The second-order valence-corrected chi connectivity index (χ2v) is 9.34. The fourth-order valence-electron chi connectivity index (χ4n) is 5.12. The molecular formula is C27H30N2O4. The average molecular weight is 447 g/mol. The first-order chi connectivity index (χ1) is 15.6. The number of nitrogens with one attached hydrogen (secondary N) is 1. The third kappa shape index (κ3) is 4.18. The molecule has 6 heteroatoms. The topological polar surface area (TPSA) is 102 Å². The summed E-state index contributed by atoms with van der Waals surface area (Å²) in [5.41, 5.74) is 12.5. The normalized spacial score (nSPS) is 17.3. The Morgan fingerprint density at radius 1 is 1.27 bits per heavy atom. The molecule has 172 valence electrons. The predicted molar refractivity (Wildman–Crippen MR) is 130 cm³/mol. The smallest absolute Gasteiger partial charge is 0.249 e. The van der Waals surface area contributed by atoms with Crippen molar-refractivity contribution in [3.8, 4) is 16.9 Å². The van der Waals surface area contributed by atoms with Crippen LogP contribution in [-0.4, -0.2) is 29.6 Å². The fourth-order valence-corrected chi connectivity index (χ4v) is 5.12. The lowest BCUT2D eigenvalue weighted by Gasteiger charge is -2.33. The lowest BCUT2D eigenvalue weighted by atomic mass is 9.76. The molecule has 1 atom stereocenters. The van der Waals surface area contributed by atoms with Gasteiger partial charge in [0.15, 0.2) is 0 Å². The maximum Gasteiger partial charge on any atom is 0.249 e. The van der Waals surface area contributed by atoms with Gasteiger partial charge in [0.05, 0.1) is 18.4 Å². The quantitative estimate of drug-likeness (QED) is 0.570. The van der Waals surface area contributed by atoms with Crippen LogP contribution in [-0.2, 0) is 11.2 Å². The molecular weight excluding hydrogens is 416 g/mol. The van der Waals surface area contributed by atoms with Gasteiger partial charge in [0.1, 0.15) is 5.75 Å². The second-order valence-electron chi connectivity index (χ2n) is 9.34. The number of aliphatic hydroxyl groups is 1. The Morgan fingerprint density at radius 2 is 2.03 bits per heavy atom. The van der Waals surface area contributed by atoms with E-state index in [2.05, 4.69) is 11.9 Å². The Hall–Kier alpha value is -3.38.